The number of benzene rings is 1. The van der Waals surface area contributed by atoms with Crippen LogP contribution in [0, 0.1) is 10.1 Å². The number of nitro groups is 1. The summed E-state index contributed by atoms with van der Waals surface area (Å²) in [7, 11) is 0. The Labute approximate surface area is 103 Å². The summed E-state index contributed by atoms with van der Waals surface area (Å²) in [4.78, 5) is 10.4. The van der Waals surface area contributed by atoms with Crippen LogP contribution >= 0.6 is 11.6 Å². The fourth-order valence-electron chi connectivity index (χ4n) is 1.62. The number of nitro benzene ring substituents is 1. The third-order valence-electron chi connectivity index (χ3n) is 2.44. The first-order valence-electron chi connectivity index (χ1n) is 5.08. The van der Waals surface area contributed by atoms with Gasteiger partial charge in [-0.05, 0) is 12.1 Å². The molecule has 88 valence electrons. The molecule has 17 heavy (non-hydrogen) atoms. The molecular weight excluding hydrogens is 242 g/mol. The molecule has 2 aromatic rings. The molecule has 1 atom stereocenters. The van der Waals surface area contributed by atoms with Crippen molar-refractivity contribution in [3.05, 3.63) is 64.1 Å². The fourth-order valence-corrected chi connectivity index (χ4v) is 1.92. The van der Waals surface area contributed by atoms with Gasteiger partial charge in [0.25, 0.3) is 5.69 Å². The first kappa shape index (κ1) is 11.7. The van der Waals surface area contributed by atoms with Crippen LogP contribution in [-0.2, 0) is 6.42 Å². The van der Waals surface area contributed by atoms with E-state index >= 15 is 0 Å². The summed E-state index contributed by atoms with van der Waals surface area (Å²) >= 11 is 6.14. The molecule has 0 saturated heterocycles. The Morgan fingerprint density at radius 1 is 1.29 bits per heavy atom. The molecule has 2 rings (SSSR count). The Hall–Kier alpha value is -1.81. The first-order chi connectivity index (χ1) is 8.18. The molecule has 5 heteroatoms. The predicted octanol–water partition coefficient (Wildman–Crippen LogP) is 3.71. The van der Waals surface area contributed by atoms with Gasteiger partial charge in [0.2, 0.25) is 0 Å². The normalized spacial score (nSPS) is 12.3. The van der Waals surface area contributed by atoms with Gasteiger partial charge in [0.15, 0.2) is 0 Å². The van der Waals surface area contributed by atoms with E-state index in [1.54, 1.807) is 30.3 Å². The van der Waals surface area contributed by atoms with Crippen LogP contribution in [0.2, 0.25) is 0 Å². The lowest BCUT2D eigenvalue weighted by atomic mass is 10.1. The number of nitrogens with zero attached hydrogens (tertiary/aromatic N) is 1. The third kappa shape index (κ3) is 2.65. The van der Waals surface area contributed by atoms with Crippen LogP contribution in [0.25, 0.3) is 0 Å². The standard InChI is InChI=1S/C12H10ClNO3/c13-10(12-6-3-7-17-12)8-9-4-1-2-5-11(9)14(15)16/h1-7,10H,8H2. The average molecular weight is 252 g/mol. The minimum Gasteiger partial charge on any atom is -0.468 e. The summed E-state index contributed by atoms with van der Waals surface area (Å²) in [5.74, 6) is 0.616. The molecule has 0 aliphatic heterocycles. The third-order valence-corrected chi connectivity index (χ3v) is 2.81. The van der Waals surface area contributed by atoms with Gasteiger partial charge in [0, 0.05) is 18.1 Å². The van der Waals surface area contributed by atoms with Gasteiger partial charge in [-0.25, -0.2) is 0 Å². The zero-order valence-electron chi connectivity index (χ0n) is 8.88. The highest BCUT2D eigenvalue weighted by Gasteiger charge is 2.18. The maximum absolute atomic E-state index is 10.8. The number of halogens is 1. The Balaban J connectivity index is 2.21. The molecule has 0 aliphatic rings. The lowest BCUT2D eigenvalue weighted by molar-refractivity contribution is -0.385. The summed E-state index contributed by atoms with van der Waals surface area (Å²) in [5.41, 5.74) is 0.693. The van der Waals surface area contributed by atoms with E-state index in [2.05, 4.69) is 0 Å². The van der Waals surface area contributed by atoms with Gasteiger partial charge in [-0.2, -0.15) is 0 Å². The highest BCUT2D eigenvalue weighted by Crippen LogP contribution is 2.29. The van der Waals surface area contributed by atoms with E-state index in [1.165, 1.54) is 12.3 Å². The summed E-state index contributed by atoms with van der Waals surface area (Å²) in [6.07, 6.45) is 1.90. The number of hydrogen-bond donors (Lipinski definition) is 0. The lowest BCUT2D eigenvalue weighted by Crippen LogP contribution is -1.99. The molecule has 0 amide bonds. The van der Waals surface area contributed by atoms with E-state index in [0.717, 1.165) is 0 Å². The van der Waals surface area contributed by atoms with Crippen molar-refractivity contribution >= 4 is 17.3 Å². The van der Waals surface area contributed by atoms with Crippen molar-refractivity contribution in [3.8, 4) is 0 Å². The van der Waals surface area contributed by atoms with Crippen LogP contribution in [0.5, 0.6) is 0 Å². The Morgan fingerprint density at radius 2 is 2.06 bits per heavy atom. The van der Waals surface area contributed by atoms with Crippen molar-refractivity contribution in [2.75, 3.05) is 0 Å². The van der Waals surface area contributed by atoms with Gasteiger partial charge >= 0.3 is 0 Å². The van der Waals surface area contributed by atoms with Gasteiger partial charge in [-0.15, -0.1) is 11.6 Å². The molecule has 0 radical (unpaired) electrons. The minimum absolute atomic E-state index is 0.0877. The van der Waals surface area contributed by atoms with Crippen molar-refractivity contribution in [1.82, 2.24) is 0 Å². The monoisotopic (exact) mass is 251 g/mol. The number of para-hydroxylation sites is 1. The highest BCUT2D eigenvalue weighted by atomic mass is 35.5. The molecule has 0 saturated carbocycles. The predicted molar refractivity (Wildman–Crippen MR) is 64.1 cm³/mol. The molecule has 0 bridgehead atoms. The lowest BCUT2D eigenvalue weighted by Gasteiger charge is -2.06. The number of furan rings is 1. The summed E-state index contributed by atoms with van der Waals surface area (Å²) < 4.78 is 5.17. The molecule has 0 N–H and O–H groups in total. The summed E-state index contributed by atoms with van der Waals surface area (Å²) in [6, 6.07) is 10.1. The van der Waals surface area contributed by atoms with Crippen LogP contribution in [0.3, 0.4) is 0 Å². The van der Waals surface area contributed by atoms with E-state index in [0.29, 0.717) is 17.7 Å². The first-order valence-corrected chi connectivity index (χ1v) is 5.52. The van der Waals surface area contributed by atoms with Gasteiger partial charge in [-0.1, -0.05) is 18.2 Å². The van der Waals surface area contributed by atoms with E-state index < -0.39 is 10.3 Å². The van der Waals surface area contributed by atoms with Crippen molar-refractivity contribution in [2.45, 2.75) is 11.8 Å². The largest absolute Gasteiger partial charge is 0.468 e. The van der Waals surface area contributed by atoms with Gasteiger partial charge < -0.3 is 4.42 Å². The number of rotatable bonds is 4. The maximum Gasteiger partial charge on any atom is 0.272 e. The van der Waals surface area contributed by atoms with Gasteiger partial charge in [0.1, 0.15) is 5.76 Å². The minimum atomic E-state index is -0.402. The van der Waals surface area contributed by atoms with Crippen LogP contribution in [-0.4, -0.2) is 4.92 Å². The molecular formula is C12H10ClNO3. The van der Waals surface area contributed by atoms with Crippen molar-refractivity contribution in [2.24, 2.45) is 0 Å². The van der Waals surface area contributed by atoms with E-state index in [4.69, 9.17) is 16.0 Å². The number of hydrogen-bond acceptors (Lipinski definition) is 3. The molecule has 4 nitrogen and oxygen atoms in total. The fraction of sp³-hybridized carbons (Fsp3) is 0.167. The second-order valence-electron chi connectivity index (χ2n) is 3.57. The van der Waals surface area contributed by atoms with Crippen LogP contribution in [0.15, 0.2) is 47.1 Å². The zero-order chi connectivity index (χ0) is 12.3. The molecule has 1 unspecified atom stereocenters. The van der Waals surface area contributed by atoms with Crippen LogP contribution in [0.1, 0.15) is 16.7 Å². The summed E-state index contributed by atoms with van der Waals surface area (Å²) in [6.45, 7) is 0. The van der Waals surface area contributed by atoms with Crippen molar-refractivity contribution in [1.29, 1.82) is 0 Å². The molecule has 1 aromatic carbocycles. The maximum atomic E-state index is 10.8. The second-order valence-corrected chi connectivity index (χ2v) is 4.10. The average Bonchev–Trinajstić information content (AvgIpc) is 2.83. The molecule has 0 fully saturated rings. The molecule has 1 aromatic heterocycles. The molecule has 0 spiro atoms. The van der Waals surface area contributed by atoms with Crippen LogP contribution in [0.4, 0.5) is 5.69 Å². The SMILES string of the molecule is O=[N+]([O-])c1ccccc1CC(Cl)c1ccco1. The zero-order valence-corrected chi connectivity index (χ0v) is 9.63. The van der Waals surface area contributed by atoms with E-state index in [1.807, 2.05) is 0 Å². The van der Waals surface area contributed by atoms with E-state index in [-0.39, 0.29) is 5.69 Å². The van der Waals surface area contributed by atoms with Crippen LogP contribution < -0.4 is 0 Å². The quantitative estimate of drug-likeness (QED) is 0.473. The Bertz CT molecular complexity index is 510. The van der Waals surface area contributed by atoms with Gasteiger partial charge in [0.05, 0.1) is 16.6 Å². The molecule has 1 heterocycles. The smallest absolute Gasteiger partial charge is 0.272 e. The second kappa shape index (κ2) is 5.01. The molecule has 0 aliphatic carbocycles. The van der Waals surface area contributed by atoms with Gasteiger partial charge in [-0.3, -0.25) is 10.1 Å². The Kier molecular flexibility index (Phi) is 3.44. The number of alkyl halides is 1. The Morgan fingerprint density at radius 3 is 2.71 bits per heavy atom. The summed E-state index contributed by atoms with van der Waals surface area (Å²) in [5, 5.41) is 10.4. The van der Waals surface area contributed by atoms with E-state index in [9.17, 15) is 10.1 Å². The van der Waals surface area contributed by atoms with Crippen molar-refractivity contribution in [3.63, 3.8) is 0 Å². The topological polar surface area (TPSA) is 56.3 Å². The van der Waals surface area contributed by atoms with Crippen molar-refractivity contribution < 1.29 is 9.34 Å². The highest BCUT2D eigenvalue weighted by molar-refractivity contribution is 6.20.